The standard InChI is InChI=1S/C14H10F2O/c1-9-2-3-10(8-17)13(6-9)12-5-4-11(15)7-14(12)16/h2-8H,1H3. The van der Waals surface area contributed by atoms with Crippen LogP contribution in [0.25, 0.3) is 11.1 Å². The summed E-state index contributed by atoms with van der Waals surface area (Å²) in [6, 6.07) is 8.43. The van der Waals surface area contributed by atoms with Gasteiger partial charge in [-0.1, -0.05) is 23.8 Å². The number of aldehydes is 1. The highest BCUT2D eigenvalue weighted by atomic mass is 19.1. The fourth-order valence-corrected chi connectivity index (χ4v) is 1.71. The molecule has 0 aliphatic rings. The maximum atomic E-state index is 13.6. The molecule has 0 spiro atoms. The Balaban J connectivity index is 2.66. The zero-order chi connectivity index (χ0) is 12.4. The van der Waals surface area contributed by atoms with Gasteiger partial charge in [-0.3, -0.25) is 4.79 Å². The van der Waals surface area contributed by atoms with E-state index in [1.807, 2.05) is 6.92 Å². The lowest BCUT2D eigenvalue weighted by molar-refractivity contribution is 0.112. The zero-order valence-corrected chi connectivity index (χ0v) is 9.21. The van der Waals surface area contributed by atoms with Gasteiger partial charge in [0.05, 0.1) is 0 Å². The van der Waals surface area contributed by atoms with Crippen LogP contribution in [0.3, 0.4) is 0 Å². The third kappa shape index (κ3) is 2.23. The van der Waals surface area contributed by atoms with Crippen LogP contribution in [0.4, 0.5) is 8.78 Å². The second-order valence-corrected chi connectivity index (χ2v) is 3.83. The second kappa shape index (κ2) is 4.45. The lowest BCUT2D eigenvalue weighted by Crippen LogP contribution is -1.92. The van der Waals surface area contributed by atoms with E-state index in [1.165, 1.54) is 12.1 Å². The molecular formula is C14H10F2O. The van der Waals surface area contributed by atoms with E-state index >= 15 is 0 Å². The second-order valence-electron chi connectivity index (χ2n) is 3.83. The molecule has 17 heavy (non-hydrogen) atoms. The van der Waals surface area contributed by atoms with E-state index in [0.29, 0.717) is 17.4 Å². The number of carbonyl (C=O) groups excluding carboxylic acids is 1. The first-order valence-corrected chi connectivity index (χ1v) is 5.13. The Hall–Kier alpha value is -2.03. The molecule has 0 heterocycles. The molecule has 0 amide bonds. The fraction of sp³-hybridized carbons (Fsp3) is 0.0714. The first-order valence-electron chi connectivity index (χ1n) is 5.13. The van der Waals surface area contributed by atoms with Gasteiger partial charge in [0.15, 0.2) is 6.29 Å². The average Bonchev–Trinajstić information content (AvgIpc) is 2.29. The SMILES string of the molecule is Cc1ccc(C=O)c(-c2ccc(F)cc2F)c1. The van der Waals surface area contributed by atoms with E-state index in [0.717, 1.165) is 11.6 Å². The Morgan fingerprint density at radius 2 is 1.76 bits per heavy atom. The Bertz CT molecular complexity index is 576. The summed E-state index contributed by atoms with van der Waals surface area (Å²) in [6.07, 6.45) is 0.664. The normalized spacial score (nSPS) is 10.3. The van der Waals surface area contributed by atoms with Gasteiger partial charge >= 0.3 is 0 Å². The Morgan fingerprint density at radius 1 is 1.00 bits per heavy atom. The molecule has 3 heteroatoms. The Kier molecular flexibility index (Phi) is 3.00. The van der Waals surface area contributed by atoms with Crippen LogP contribution in [0.5, 0.6) is 0 Å². The smallest absolute Gasteiger partial charge is 0.150 e. The highest BCUT2D eigenvalue weighted by Gasteiger charge is 2.10. The maximum absolute atomic E-state index is 13.6. The summed E-state index contributed by atoms with van der Waals surface area (Å²) in [7, 11) is 0. The molecule has 86 valence electrons. The zero-order valence-electron chi connectivity index (χ0n) is 9.21. The number of benzene rings is 2. The maximum Gasteiger partial charge on any atom is 0.150 e. The number of halogens is 2. The number of carbonyl (C=O) groups is 1. The van der Waals surface area contributed by atoms with Gasteiger partial charge in [0.1, 0.15) is 11.6 Å². The molecule has 0 saturated heterocycles. The third-order valence-corrected chi connectivity index (χ3v) is 2.56. The fourth-order valence-electron chi connectivity index (χ4n) is 1.71. The summed E-state index contributed by atoms with van der Waals surface area (Å²) in [4.78, 5) is 10.9. The van der Waals surface area contributed by atoms with Crippen LogP contribution in [-0.4, -0.2) is 6.29 Å². The van der Waals surface area contributed by atoms with Gasteiger partial charge in [0.2, 0.25) is 0 Å². The topological polar surface area (TPSA) is 17.1 Å². The predicted molar refractivity (Wildman–Crippen MR) is 61.9 cm³/mol. The van der Waals surface area contributed by atoms with E-state index in [-0.39, 0.29) is 5.56 Å². The molecule has 0 fully saturated rings. The number of aryl methyl sites for hydroxylation is 1. The molecule has 0 radical (unpaired) electrons. The van der Waals surface area contributed by atoms with Crippen LogP contribution >= 0.6 is 0 Å². The van der Waals surface area contributed by atoms with Gasteiger partial charge in [0, 0.05) is 17.2 Å². The molecule has 0 bridgehead atoms. The van der Waals surface area contributed by atoms with E-state index in [2.05, 4.69) is 0 Å². The third-order valence-electron chi connectivity index (χ3n) is 2.56. The van der Waals surface area contributed by atoms with Crippen molar-refractivity contribution < 1.29 is 13.6 Å². The van der Waals surface area contributed by atoms with E-state index in [1.54, 1.807) is 18.2 Å². The minimum absolute atomic E-state index is 0.234. The van der Waals surface area contributed by atoms with Crippen molar-refractivity contribution in [3.63, 3.8) is 0 Å². The van der Waals surface area contributed by atoms with Crippen LogP contribution in [0.15, 0.2) is 36.4 Å². The van der Waals surface area contributed by atoms with Gasteiger partial charge in [-0.2, -0.15) is 0 Å². The van der Waals surface area contributed by atoms with Crippen molar-refractivity contribution in [1.82, 2.24) is 0 Å². The summed E-state index contributed by atoms with van der Waals surface area (Å²) < 4.78 is 26.4. The summed E-state index contributed by atoms with van der Waals surface area (Å²) in [5.74, 6) is -1.30. The molecule has 1 nitrogen and oxygen atoms in total. The molecule has 0 atom stereocenters. The van der Waals surface area contributed by atoms with E-state index in [4.69, 9.17) is 0 Å². The minimum Gasteiger partial charge on any atom is -0.298 e. The highest BCUT2D eigenvalue weighted by Crippen LogP contribution is 2.27. The summed E-state index contributed by atoms with van der Waals surface area (Å²) in [5.41, 5.74) is 2.02. The largest absolute Gasteiger partial charge is 0.298 e. The first kappa shape index (κ1) is 11.5. The van der Waals surface area contributed by atoms with Crippen molar-refractivity contribution in [3.8, 4) is 11.1 Å². The average molecular weight is 232 g/mol. The summed E-state index contributed by atoms with van der Waals surface area (Å²) in [5, 5.41) is 0. The van der Waals surface area contributed by atoms with Crippen LogP contribution < -0.4 is 0 Å². The quantitative estimate of drug-likeness (QED) is 0.720. The van der Waals surface area contributed by atoms with Crippen molar-refractivity contribution in [1.29, 1.82) is 0 Å². The molecule has 0 unspecified atom stereocenters. The lowest BCUT2D eigenvalue weighted by atomic mass is 9.98. The van der Waals surface area contributed by atoms with Crippen molar-refractivity contribution in [2.75, 3.05) is 0 Å². The molecule has 0 aliphatic carbocycles. The predicted octanol–water partition coefficient (Wildman–Crippen LogP) is 3.75. The van der Waals surface area contributed by atoms with Crippen molar-refractivity contribution in [2.45, 2.75) is 6.92 Å². The number of rotatable bonds is 2. The Morgan fingerprint density at radius 3 is 2.41 bits per heavy atom. The highest BCUT2D eigenvalue weighted by molar-refractivity contribution is 5.87. The molecule has 0 aliphatic heterocycles. The van der Waals surface area contributed by atoms with Crippen molar-refractivity contribution >= 4 is 6.29 Å². The number of hydrogen-bond acceptors (Lipinski definition) is 1. The van der Waals surface area contributed by atoms with Crippen LogP contribution in [-0.2, 0) is 0 Å². The first-order chi connectivity index (χ1) is 8.11. The van der Waals surface area contributed by atoms with Gasteiger partial charge in [-0.15, -0.1) is 0 Å². The van der Waals surface area contributed by atoms with Crippen LogP contribution in [0.1, 0.15) is 15.9 Å². The molecule has 2 rings (SSSR count). The van der Waals surface area contributed by atoms with Crippen LogP contribution in [0, 0.1) is 18.6 Å². The Labute approximate surface area is 97.7 Å². The molecular weight excluding hydrogens is 222 g/mol. The van der Waals surface area contributed by atoms with Crippen LogP contribution in [0.2, 0.25) is 0 Å². The van der Waals surface area contributed by atoms with Gasteiger partial charge in [0.25, 0.3) is 0 Å². The van der Waals surface area contributed by atoms with Gasteiger partial charge < -0.3 is 0 Å². The number of hydrogen-bond donors (Lipinski definition) is 0. The molecule has 2 aromatic carbocycles. The summed E-state index contributed by atoms with van der Waals surface area (Å²) in [6.45, 7) is 1.85. The summed E-state index contributed by atoms with van der Waals surface area (Å²) >= 11 is 0. The van der Waals surface area contributed by atoms with E-state index in [9.17, 15) is 13.6 Å². The molecule has 2 aromatic rings. The van der Waals surface area contributed by atoms with Gasteiger partial charge in [-0.25, -0.2) is 8.78 Å². The van der Waals surface area contributed by atoms with E-state index < -0.39 is 11.6 Å². The monoisotopic (exact) mass is 232 g/mol. The van der Waals surface area contributed by atoms with Gasteiger partial charge in [-0.05, 0) is 24.6 Å². The molecule has 0 aromatic heterocycles. The molecule has 0 N–H and O–H groups in total. The lowest BCUT2D eigenvalue weighted by Gasteiger charge is -2.07. The van der Waals surface area contributed by atoms with Crippen molar-refractivity contribution in [3.05, 3.63) is 59.2 Å². The minimum atomic E-state index is -0.668. The van der Waals surface area contributed by atoms with Crippen molar-refractivity contribution in [2.24, 2.45) is 0 Å². The molecule has 0 saturated carbocycles.